The zero-order valence-corrected chi connectivity index (χ0v) is 17.8. The quantitative estimate of drug-likeness (QED) is 0.659. The van der Waals surface area contributed by atoms with Crippen molar-refractivity contribution in [1.82, 2.24) is 14.7 Å². The van der Waals surface area contributed by atoms with E-state index in [0.29, 0.717) is 23.6 Å². The Morgan fingerprint density at radius 3 is 2.61 bits per heavy atom. The van der Waals surface area contributed by atoms with E-state index < -0.39 is 6.04 Å². The van der Waals surface area contributed by atoms with Crippen LogP contribution in [0.15, 0.2) is 29.1 Å². The van der Waals surface area contributed by atoms with Crippen molar-refractivity contribution in [2.45, 2.75) is 46.6 Å². The molecule has 1 fully saturated rings. The molecule has 148 valence electrons. The Morgan fingerprint density at radius 1 is 1.25 bits per heavy atom. The zero-order chi connectivity index (χ0) is 20.0. The summed E-state index contributed by atoms with van der Waals surface area (Å²) in [7, 11) is 0. The summed E-state index contributed by atoms with van der Waals surface area (Å²) in [6, 6.07) is 7.40. The molecule has 0 saturated carbocycles. The van der Waals surface area contributed by atoms with Crippen molar-refractivity contribution >= 4 is 37.4 Å². The van der Waals surface area contributed by atoms with Gasteiger partial charge in [0, 0.05) is 23.2 Å². The van der Waals surface area contributed by atoms with Gasteiger partial charge in [-0.2, -0.15) is 5.10 Å². The van der Waals surface area contributed by atoms with Crippen LogP contribution in [0.1, 0.15) is 45.3 Å². The lowest BCUT2D eigenvalue weighted by Gasteiger charge is -2.36. The summed E-state index contributed by atoms with van der Waals surface area (Å²) < 4.78 is 3.45. The molecule has 5 nitrogen and oxygen atoms in total. The number of aryl methyl sites for hydroxylation is 1. The molecule has 6 heteroatoms. The van der Waals surface area contributed by atoms with Gasteiger partial charge in [-0.25, -0.2) is 4.68 Å². The van der Waals surface area contributed by atoms with E-state index in [1.54, 1.807) is 11.3 Å². The van der Waals surface area contributed by atoms with Crippen LogP contribution < -0.4 is 5.56 Å². The Kier molecular flexibility index (Phi) is 5.00. The molecule has 1 amide bonds. The number of thiophene rings is 1. The molecule has 3 aromatic rings. The summed E-state index contributed by atoms with van der Waals surface area (Å²) >= 11 is 1.60. The molecule has 1 aliphatic rings. The summed E-state index contributed by atoms with van der Waals surface area (Å²) in [5, 5.41) is 6.24. The third kappa shape index (κ3) is 3.13. The van der Waals surface area contributed by atoms with Crippen LogP contribution in [-0.2, 0) is 4.79 Å². The normalized spacial score (nSPS) is 21.4. The van der Waals surface area contributed by atoms with Crippen molar-refractivity contribution in [1.29, 1.82) is 0 Å². The first-order valence-electron chi connectivity index (χ1n) is 10.1. The Labute approximate surface area is 169 Å². The van der Waals surface area contributed by atoms with Crippen LogP contribution in [0.3, 0.4) is 0 Å². The maximum atomic E-state index is 13.4. The standard InChI is InChI=1S/C22H27N3O2S/c1-5-17(21(26)24-11-13(2)10-14(3)12-24)25-22(27)19-16-8-6-7-9-18(16)28-20(19)15(4)23-25/h6-9,13-14,17H,5,10-12H2,1-4H3/t13-,14+,17-/m0/s1. The van der Waals surface area contributed by atoms with E-state index in [2.05, 4.69) is 18.9 Å². The summed E-state index contributed by atoms with van der Waals surface area (Å²) in [5.74, 6) is 0.994. The van der Waals surface area contributed by atoms with Gasteiger partial charge in [0.25, 0.3) is 5.56 Å². The highest BCUT2D eigenvalue weighted by atomic mass is 32.1. The molecule has 1 saturated heterocycles. The largest absolute Gasteiger partial charge is 0.340 e. The topological polar surface area (TPSA) is 55.2 Å². The minimum absolute atomic E-state index is 0.0220. The van der Waals surface area contributed by atoms with Gasteiger partial charge >= 0.3 is 0 Å². The van der Waals surface area contributed by atoms with Crippen molar-refractivity contribution in [3.63, 3.8) is 0 Å². The zero-order valence-electron chi connectivity index (χ0n) is 16.9. The first-order chi connectivity index (χ1) is 13.4. The van der Waals surface area contributed by atoms with Gasteiger partial charge in [0.2, 0.25) is 5.91 Å². The van der Waals surface area contributed by atoms with E-state index in [9.17, 15) is 9.59 Å². The molecule has 1 aromatic carbocycles. The number of benzene rings is 1. The second-order valence-corrected chi connectivity index (χ2v) is 9.30. The molecular weight excluding hydrogens is 370 g/mol. The van der Waals surface area contributed by atoms with E-state index in [4.69, 9.17) is 0 Å². The predicted octanol–water partition coefficient (Wildman–Crippen LogP) is 4.38. The number of hydrogen-bond donors (Lipinski definition) is 0. The highest BCUT2D eigenvalue weighted by Gasteiger charge is 2.32. The third-order valence-corrected chi connectivity index (χ3v) is 7.03. The van der Waals surface area contributed by atoms with E-state index in [-0.39, 0.29) is 11.5 Å². The van der Waals surface area contributed by atoms with Crippen molar-refractivity contribution in [2.75, 3.05) is 13.1 Å². The Hall–Kier alpha value is -2.21. The number of likely N-dealkylation sites (tertiary alicyclic amines) is 1. The minimum Gasteiger partial charge on any atom is -0.340 e. The molecule has 3 atom stereocenters. The van der Waals surface area contributed by atoms with Gasteiger partial charge in [-0.15, -0.1) is 11.3 Å². The number of aromatic nitrogens is 2. The third-order valence-electron chi connectivity index (χ3n) is 5.75. The van der Waals surface area contributed by atoms with Gasteiger partial charge in [-0.1, -0.05) is 39.0 Å². The van der Waals surface area contributed by atoms with Crippen molar-refractivity contribution in [3.05, 3.63) is 40.3 Å². The van der Waals surface area contributed by atoms with Gasteiger partial charge in [0.05, 0.1) is 15.8 Å². The number of rotatable bonds is 3. The average molecular weight is 398 g/mol. The molecule has 0 radical (unpaired) electrons. The molecule has 0 aliphatic carbocycles. The van der Waals surface area contributed by atoms with Crippen LogP contribution >= 0.6 is 11.3 Å². The maximum Gasteiger partial charge on any atom is 0.276 e. The second-order valence-electron chi connectivity index (χ2n) is 8.25. The molecule has 28 heavy (non-hydrogen) atoms. The van der Waals surface area contributed by atoms with Crippen molar-refractivity contribution in [2.24, 2.45) is 11.8 Å². The SMILES string of the molecule is CC[C@@H](C(=O)N1C[C@H](C)C[C@H](C)C1)n1nc(C)c2sc3ccccc3c2c1=O. The molecule has 2 aromatic heterocycles. The number of nitrogens with zero attached hydrogens (tertiary/aromatic N) is 3. The number of amides is 1. The van der Waals surface area contributed by atoms with Gasteiger partial charge in [0.15, 0.2) is 0 Å². The fraction of sp³-hybridized carbons (Fsp3) is 0.500. The lowest BCUT2D eigenvalue weighted by atomic mass is 9.91. The Bertz CT molecular complexity index is 1090. The van der Waals surface area contributed by atoms with E-state index in [1.807, 2.05) is 43.0 Å². The Morgan fingerprint density at radius 2 is 1.93 bits per heavy atom. The highest BCUT2D eigenvalue weighted by molar-refractivity contribution is 7.26. The van der Waals surface area contributed by atoms with E-state index in [0.717, 1.165) is 40.0 Å². The smallest absolute Gasteiger partial charge is 0.276 e. The number of hydrogen-bond acceptors (Lipinski definition) is 4. The second kappa shape index (κ2) is 7.32. The average Bonchev–Trinajstić information content (AvgIpc) is 3.06. The first-order valence-corrected chi connectivity index (χ1v) is 10.9. The monoisotopic (exact) mass is 397 g/mol. The van der Waals surface area contributed by atoms with E-state index in [1.165, 1.54) is 4.68 Å². The maximum absolute atomic E-state index is 13.4. The van der Waals surface area contributed by atoms with Crippen molar-refractivity contribution < 1.29 is 4.79 Å². The van der Waals surface area contributed by atoms with E-state index >= 15 is 0 Å². The number of fused-ring (bicyclic) bond motifs is 3. The summed E-state index contributed by atoms with van der Waals surface area (Å²) in [4.78, 5) is 28.7. The molecule has 1 aliphatic heterocycles. The van der Waals surface area contributed by atoms with Crippen LogP contribution in [0, 0.1) is 18.8 Å². The summed E-state index contributed by atoms with van der Waals surface area (Å²) in [6.45, 7) is 9.78. The molecule has 0 unspecified atom stereocenters. The summed E-state index contributed by atoms with van der Waals surface area (Å²) in [5.41, 5.74) is 0.652. The first kappa shape index (κ1) is 19.1. The van der Waals surface area contributed by atoms with Crippen LogP contribution in [-0.4, -0.2) is 33.7 Å². The molecular formula is C22H27N3O2S. The molecule has 0 N–H and O–H groups in total. The van der Waals surface area contributed by atoms with Crippen molar-refractivity contribution in [3.8, 4) is 0 Å². The summed E-state index contributed by atoms with van der Waals surface area (Å²) in [6.07, 6.45) is 1.70. The fourth-order valence-electron chi connectivity index (χ4n) is 4.60. The van der Waals surface area contributed by atoms with Gasteiger partial charge < -0.3 is 4.90 Å². The lowest BCUT2D eigenvalue weighted by Crippen LogP contribution is -2.47. The van der Waals surface area contributed by atoms with Gasteiger partial charge in [-0.3, -0.25) is 9.59 Å². The van der Waals surface area contributed by atoms with Gasteiger partial charge in [0.1, 0.15) is 6.04 Å². The minimum atomic E-state index is -0.549. The number of piperidine rings is 1. The Balaban J connectivity index is 1.82. The van der Waals surface area contributed by atoms with Crippen LogP contribution in [0.25, 0.3) is 20.2 Å². The predicted molar refractivity (Wildman–Crippen MR) is 115 cm³/mol. The van der Waals surface area contributed by atoms with Crippen LogP contribution in [0.5, 0.6) is 0 Å². The van der Waals surface area contributed by atoms with Crippen LogP contribution in [0.2, 0.25) is 0 Å². The molecule has 0 bridgehead atoms. The van der Waals surface area contributed by atoms with Gasteiger partial charge in [-0.05, 0) is 37.7 Å². The van der Waals surface area contributed by atoms with Crippen LogP contribution in [0.4, 0.5) is 0 Å². The number of carbonyl (C=O) groups excluding carboxylic acids is 1. The molecule has 4 rings (SSSR count). The highest BCUT2D eigenvalue weighted by Crippen LogP contribution is 2.33. The molecule has 3 heterocycles. The number of carbonyl (C=O) groups is 1. The molecule has 0 spiro atoms. The fourth-order valence-corrected chi connectivity index (χ4v) is 5.73. The lowest BCUT2D eigenvalue weighted by molar-refractivity contribution is -0.138.